The third-order valence-electron chi connectivity index (χ3n) is 4.48. The average Bonchev–Trinajstić information content (AvgIpc) is 3.13. The average molecular weight is 341 g/mol. The normalized spacial score (nSPS) is 12.0. The molecule has 0 bridgehead atoms. The molecule has 1 amide bonds. The first kappa shape index (κ1) is 16.1. The Morgan fingerprint density at radius 2 is 1.54 bits per heavy atom. The third kappa shape index (κ3) is 3.35. The van der Waals surface area contributed by atoms with Gasteiger partial charge in [0.2, 0.25) is 0 Å². The zero-order valence-electron chi connectivity index (χ0n) is 14.2. The van der Waals surface area contributed by atoms with Gasteiger partial charge >= 0.3 is 0 Å². The number of hydrogen-bond donors (Lipinski definition) is 2. The summed E-state index contributed by atoms with van der Waals surface area (Å²) in [4.78, 5) is 12.9. The molecule has 1 heterocycles. The van der Waals surface area contributed by atoms with Crippen molar-refractivity contribution in [3.8, 4) is 0 Å². The standard InChI is InChI=1S/C22H19N3O/c26-22(21-18-13-7-8-14-19(18)24-25-21)23-20(17-11-5-2-6-12-17)15-16-9-3-1-4-10-16/h1-14,20H,15H2,(H,23,26)(H,24,25). The minimum absolute atomic E-state index is 0.124. The SMILES string of the molecule is O=C(NC(Cc1ccccc1)c1ccccc1)c1n[nH]c2ccccc12. The fourth-order valence-electron chi connectivity index (χ4n) is 3.15. The number of nitrogens with zero attached hydrogens (tertiary/aromatic N) is 1. The van der Waals surface area contributed by atoms with Crippen molar-refractivity contribution in [3.05, 3.63) is 102 Å². The molecule has 0 aliphatic carbocycles. The number of aromatic nitrogens is 2. The van der Waals surface area contributed by atoms with Crippen LogP contribution in [0.4, 0.5) is 0 Å². The zero-order valence-corrected chi connectivity index (χ0v) is 14.2. The van der Waals surface area contributed by atoms with Gasteiger partial charge < -0.3 is 5.32 Å². The number of fused-ring (bicyclic) bond motifs is 1. The Balaban J connectivity index is 1.63. The van der Waals surface area contributed by atoms with E-state index < -0.39 is 0 Å². The number of rotatable bonds is 5. The van der Waals surface area contributed by atoms with E-state index >= 15 is 0 Å². The van der Waals surface area contributed by atoms with Crippen LogP contribution in [0.1, 0.15) is 27.7 Å². The molecule has 0 radical (unpaired) electrons. The van der Waals surface area contributed by atoms with E-state index in [0.717, 1.165) is 22.9 Å². The number of nitrogens with one attached hydrogen (secondary N) is 2. The van der Waals surface area contributed by atoms with Crippen LogP contribution in [0.25, 0.3) is 10.9 Å². The van der Waals surface area contributed by atoms with Crippen molar-refractivity contribution < 1.29 is 4.79 Å². The van der Waals surface area contributed by atoms with Gasteiger partial charge in [-0.05, 0) is 23.6 Å². The molecular weight excluding hydrogens is 322 g/mol. The van der Waals surface area contributed by atoms with Gasteiger partial charge in [0.05, 0.1) is 11.6 Å². The largest absolute Gasteiger partial charge is 0.343 e. The minimum atomic E-state index is -0.174. The summed E-state index contributed by atoms with van der Waals surface area (Å²) in [5.41, 5.74) is 3.53. The molecular formula is C22H19N3O. The second kappa shape index (κ2) is 7.23. The topological polar surface area (TPSA) is 57.8 Å². The quantitative estimate of drug-likeness (QED) is 0.569. The Morgan fingerprint density at radius 1 is 0.885 bits per heavy atom. The number of aromatic amines is 1. The highest BCUT2D eigenvalue weighted by Crippen LogP contribution is 2.21. The highest BCUT2D eigenvalue weighted by atomic mass is 16.2. The number of hydrogen-bond acceptors (Lipinski definition) is 2. The molecule has 4 heteroatoms. The van der Waals surface area contributed by atoms with E-state index in [9.17, 15) is 4.79 Å². The van der Waals surface area contributed by atoms with Crippen molar-refractivity contribution in [2.24, 2.45) is 0 Å². The highest BCUT2D eigenvalue weighted by Gasteiger charge is 2.19. The Morgan fingerprint density at radius 3 is 2.31 bits per heavy atom. The lowest BCUT2D eigenvalue weighted by Gasteiger charge is -2.19. The molecule has 3 aromatic carbocycles. The van der Waals surface area contributed by atoms with Crippen LogP contribution >= 0.6 is 0 Å². The summed E-state index contributed by atoms with van der Waals surface area (Å²) in [5, 5.41) is 11.1. The number of carbonyl (C=O) groups is 1. The van der Waals surface area contributed by atoms with Crippen LogP contribution in [0.2, 0.25) is 0 Å². The van der Waals surface area contributed by atoms with Crippen molar-refractivity contribution in [2.45, 2.75) is 12.5 Å². The van der Waals surface area contributed by atoms with E-state index in [2.05, 4.69) is 27.6 Å². The molecule has 0 saturated heterocycles. The minimum Gasteiger partial charge on any atom is -0.343 e. The molecule has 0 aliphatic heterocycles. The second-order valence-corrected chi connectivity index (χ2v) is 6.24. The molecule has 128 valence electrons. The fraction of sp³-hybridized carbons (Fsp3) is 0.0909. The van der Waals surface area contributed by atoms with Gasteiger partial charge in [0, 0.05) is 5.39 Å². The summed E-state index contributed by atoms with van der Waals surface area (Å²) < 4.78 is 0. The van der Waals surface area contributed by atoms with Gasteiger partial charge in [0.15, 0.2) is 5.69 Å². The van der Waals surface area contributed by atoms with E-state index in [0.29, 0.717) is 5.69 Å². The summed E-state index contributed by atoms with van der Waals surface area (Å²) in [6.45, 7) is 0. The highest BCUT2D eigenvalue weighted by molar-refractivity contribution is 6.04. The van der Waals surface area contributed by atoms with Gasteiger partial charge in [-0.3, -0.25) is 9.89 Å². The lowest BCUT2D eigenvalue weighted by molar-refractivity contribution is 0.0933. The molecule has 0 saturated carbocycles. The summed E-state index contributed by atoms with van der Waals surface area (Å²) in [7, 11) is 0. The van der Waals surface area contributed by atoms with E-state index in [-0.39, 0.29) is 11.9 Å². The Hall–Kier alpha value is -3.40. The molecule has 2 N–H and O–H groups in total. The first-order valence-electron chi connectivity index (χ1n) is 8.64. The molecule has 4 nitrogen and oxygen atoms in total. The molecule has 1 unspecified atom stereocenters. The second-order valence-electron chi connectivity index (χ2n) is 6.24. The van der Waals surface area contributed by atoms with Crippen LogP contribution in [-0.4, -0.2) is 16.1 Å². The number of carbonyl (C=O) groups excluding carboxylic acids is 1. The van der Waals surface area contributed by atoms with Crippen molar-refractivity contribution in [2.75, 3.05) is 0 Å². The van der Waals surface area contributed by atoms with Crippen molar-refractivity contribution in [1.82, 2.24) is 15.5 Å². The maximum absolute atomic E-state index is 12.9. The summed E-state index contributed by atoms with van der Waals surface area (Å²) in [5.74, 6) is -0.174. The van der Waals surface area contributed by atoms with Crippen molar-refractivity contribution in [3.63, 3.8) is 0 Å². The molecule has 1 aromatic heterocycles. The van der Waals surface area contributed by atoms with Gasteiger partial charge in [-0.25, -0.2) is 0 Å². The van der Waals surface area contributed by atoms with Crippen molar-refractivity contribution in [1.29, 1.82) is 0 Å². The predicted molar refractivity (Wildman–Crippen MR) is 103 cm³/mol. The van der Waals surface area contributed by atoms with Crippen LogP contribution in [0, 0.1) is 0 Å². The maximum Gasteiger partial charge on any atom is 0.272 e. The Bertz CT molecular complexity index is 1010. The summed E-state index contributed by atoms with van der Waals surface area (Å²) in [6.07, 6.45) is 0.721. The summed E-state index contributed by atoms with van der Waals surface area (Å²) >= 11 is 0. The Labute approximate surface area is 151 Å². The molecule has 4 rings (SSSR count). The summed E-state index contributed by atoms with van der Waals surface area (Å²) in [6, 6.07) is 27.7. The van der Waals surface area contributed by atoms with E-state index in [1.807, 2.05) is 72.8 Å². The predicted octanol–water partition coefficient (Wildman–Crippen LogP) is 4.28. The number of H-pyrrole nitrogens is 1. The van der Waals surface area contributed by atoms with Crippen LogP contribution in [0.5, 0.6) is 0 Å². The monoisotopic (exact) mass is 341 g/mol. The van der Waals surface area contributed by atoms with Gasteiger partial charge in [0.25, 0.3) is 5.91 Å². The number of benzene rings is 3. The number of para-hydroxylation sites is 1. The third-order valence-corrected chi connectivity index (χ3v) is 4.48. The molecule has 26 heavy (non-hydrogen) atoms. The van der Waals surface area contributed by atoms with E-state index in [1.54, 1.807) is 0 Å². The van der Waals surface area contributed by atoms with Crippen LogP contribution in [0.3, 0.4) is 0 Å². The molecule has 0 spiro atoms. The molecule has 1 atom stereocenters. The van der Waals surface area contributed by atoms with Gasteiger partial charge in [-0.1, -0.05) is 78.9 Å². The fourth-order valence-corrected chi connectivity index (χ4v) is 3.15. The van der Waals surface area contributed by atoms with Gasteiger partial charge in [-0.2, -0.15) is 5.10 Å². The van der Waals surface area contributed by atoms with E-state index in [4.69, 9.17) is 0 Å². The van der Waals surface area contributed by atoms with Crippen molar-refractivity contribution >= 4 is 16.8 Å². The number of amides is 1. The smallest absolute Gasteiger partial charge is 0.272 e. The zero-order chi connectivity index (χ0) is 17.8. The van der Waals surface area contributed by atoms with Gasteiger partial charge in [0.1, 0.15) is 0 Å². The molecule has 0 aliphatic rings. The van der Waals surface area contributed by atoms with Gasteiger partial charge in [-0.15, -0.1) is 0 Å². The first-order chi connectivity index (χ1) is 12.8. The molecule has 4 aromatic rings. The van der Waals surface area contributed by atoms with E-state index in [1.165, 1.54) is 5.56 Å². The van der Waals surface area contributed by atoms with Crippen LogP contribution in [-0.2, 0) is 6.42 Å². The van der Waals surface area contributed by atoms with Crippen LogP contribution < -0.4 is 5.32 Å². The maximum atomic E-state index is 12.9. The molecule has 0 fully saturated rings. The lowest BCUT2D eigenvalue weighted by Crippen LogP contribution is -2.30. The Kier molecular flexibility index (Phi) is 4.48. The first-order valence-corrected chi connectivity index (χ1v) is 8.64. The lowest BCUT2D eigenvalue weighted by atomic mass is 9.98. The van der Waals surface area contributed by atoms with Crippen LogP contribution in [0.15, 0.2) is 84.9 Å².